The van der Waals surface area contributed by atoms with Crippen LogP contribution < -0.4 is 5.32 Å². The zero-order valence-electron chi connectivity index (χ0n) is 11.1. The zero-order chi connectivity index (χ0) is 15.4. The highest BCUT2D eigenvalue weighted by atomic mass is 35.5. The maximum atomic E-state index is 12.0. The monoisotopic (exact) mass is 328 g/mol. The lowest BCUT2D eigenvalue weighted by Gasteiger charge is -2.11. The van der Waals surface area contributed by atoms with Crippen LogP contribution in [0.4, 0.5) is 0 Å². The lowest BCUT2D eigenvalue weighted by molar-refractivity contribution is -0.139. The van der Waals surface area contributed by atoms with E-state index in [1.54, 1.807) is 12.1 Å². The highest BCUT2D eigenvalue weighted by Crippen LogP contribution is 2.31. The van der Waals surface area contributed by atoms with Gasteiger partial charge in [-0.1, -0.05) is 30.1 Å². The van der Waals surface area contributed by atoms with Gasteiger partial charge in [0.2, 0.25) is 0 Å². The maximum absolute atomic E-state index is 12.0. The standard InChI is InChI=1S/C13H13ClN2O4S/c1-2-3-7(13(18)19)15-12(17)8-6-9(20-16-8)10-4-5-11(14)21-10/h4-7H,2-3H2,1H3,(H,15,17)(H,18,19). The molecule has 2 aromatic heterocycles. The van der Waals surface area contributed by atoms with E-state index >= 15 is 0 Å². The lowest BCUT2D eigenvalue weighted by atomic mass is 10.1. The number of carbonyl (C=O) groups is 2. The van der Waals surface area contributed by atoms with Gasteiger partial charge in [-0.15, -0.1) is 11.3 Å². The van der Waals surface area contributed by atoms with Crippen molar-refractivity contribution in [2.24, 2.45) is 0 Å². The van der Waals surface area contributed by atoms with E-state index in [0.717, 1.165) is 4.88 Å². The van der Waals surface area contributed by atoms with Crippen LogP contribution >= 0.6 is 22.9 Å². The van der Waals surface area contributed by atoms with Crippen LogP contribution in [-0.4, -0.2) is 28.2 Å². The molecule has 2 N–H and O–H groups in total. The molecule has 0 radical (unpaired) electrons. The van der Waals surface area contributed by atoms with E-state index in [1.807, 2.05) is 6.92 Å². The number of hydrogen-bond donors (Lipinski definition) is 2. The van der Waals surface area contributed by atoms with E-state index in [2.05, 4.69) is 10.5 Å². The highest BCUT2D eigenvalue weighted by Gasteiger charge is 2.22. The number of carboxylic acids is 1. The van der Waals surface area contributed by atoms with Crippen molar-refractivity contribution in [1.82, 2.24) is 10.5 Å². The van der Waals surface area contributed by atoms with Gasteiger partial charge >= 0.3 is 5.97 Å². The molecule has 1 unspecified atom stereocenters. The van der Waals surface area contributed by atoms with Gasteiger partial charge in [-0.3, -0.25) is 4.79 Å². The van der Waals surface area contributed by atoms with Crippen LogP contribution in [0.15, 0.2) is 22.7 Å². The first-order valence-electron chi connectivity index (χ1n) is 6.27. The van der Waals surface area contributed by atoms with E-state index in [4.69, 9.17) is 21.2 Å². The molecule has 0 spiro atoms. The number of carboxylic acid groups (broad SMARTS) is 1. The normalized spacial score (nSPS) is 12.1. The summed E-state index contributed by atoms with van der Waals surface area (Å²) in [5.74, 6) is -1.23. The quantitative estimate of drug-likeness (QED) is 0.850. The third-order valence-corrected chi connectivity index (χ3v) is 3.99. The van der Waals surface area contributed by atoms with Crippen molar-refractivity contribution >= 4 is 34.8 Å². The summed E-state index contributed by atoms with van der Waals surface area (Å²) in [6.07, 6.45) is 1.00. The summed E-state index contributed by atoms with van der Waals surface area (Å²) in [5.41, 5.74) is 0.0388. The zero-order valence-corrected chi connectivity index (χ0v) is 12.7. The van der Waals surface area contributed by atoms with Crippen LogP contribution in [0.5, 0.6) is 0 Å². The minimum Gasteiger partial charge on any atom is -0.480 e. The fraction of sp³-hybridized carbons (Fsp3) is 0.308. The molecular weight excluding hydrogens is 316 g/mol. The predicted molar refractivity (Wildman–Crippen MR) is 78.6 cm³/mol. The number of hydrogen-bond acceptors (Lipinski definition) is 5. The molecule has 0 bridgehead atoms. The largest absolute Gasteiger partial charge is 0.480 e. The van der Waals surface area contributed by atoms with Crippen molar-refractivity contribution in [2.75, 3.05) is 0 Å². The van der Waals surface area contributed by atoms with E-state index in [1.165, 1.54) is 17.4 Å². The smallest absolute Gasteiger partial charge is 0.326 e. The summed E-state index contributed by atoms with van der Waals surface area (Å²) in [5, 5.41) is 15.1. The Bertz CT molecular complexity index is 652. The minimum atomic E-state index is -1.07. The number of carbonyl (C=O) groups excluding carboxylic acids is 1. The molecule has 2 aromatic rings. The van der Waals surface area contributed by atoms with Gasteiger partial charge in [-0.2, -0.15) is 0 Å². The molecule has 2 heterocycles. The van der Waals surface area contributed by atoms with Gasteiger partial charge < -0.3 is 14.9 Å². The Hall–Kier alpha value is -1.86. The molecule has 2 rings (SSSR count). The Labute approximate surface area is 129 Å². The van der Waals surface area contributed by atoms with Gasteiger partial charge in [0.1, 0.15) is 6.04 Å². The first-order chi connectivity index (χ1) is 10.0. The summed E-state index contributed by atoms with van der Waals surface area (Å²) in [6.45, 7) is 1.84. The second-order valence-electron chi connectivity index (χ2n) is 4.33. The van der Waals surface area contributed by atoms with Crippen molar-refractivity contribution in [3.63, 3.8) is 0 Å². The molecule has 1 atom stereocenters. The van der Waals surface area contributed by atoms with Crippen LogP contribution in [0.25, 0.3) is 10.6 Å². The Morgan fingerprint density at radius 2 is 2.29 bits per heavy atom. The fourth-order valence-corrected chi connectivity index (χ4v) is 2.71. The van der Waals surface area contributed by atoms with Crippen molar-refractivity contribution in [3.05, 3.63) is 28.2 Å². The Kier molecular flexibility index (Phi) is 4.98. The SMILES string of the molecule is CCCC(NC(=O)c1cc(-c2ccc(Cl)s2)on1)C(=O)O. The first kappa shape index (κ1) is 15.5. The number of thiophene rings is 1. The topological polar surface area (TPSA) is 92.4 Å². The summed E-state index contributed by atoms with van der Waals surface area (Å²) in [7, 11) is 0. The lowest BCUT2D eigenvalue weighted by Crippen LogP contribution is -2.40. The molecular formula is C13H13ClN2O4S. The van der Waals surface area contributed by atoms with Crippen molar-refractivity contribution in [3.8, 4) is 10.6 Å². The molecule has 0 aliphatic heterocycles. The third kappa shape index (κ3) is 3.83. The molecule has 6 nitrogen and oxygen atoms in total. The number of aliphatic carboxylic acids is 1. The first-order valence-corrected chi connectivity index (χ1v) is 7.46. The molecule has 112 valence electrons. The van der Waals surface area contributed by atoms with E-state index in [9.17, 15) is 9.59 Å². The average Bonchev–Trinajstić information content (AvgIpc) is 3.06. The Morgan fingerprint density at radius 1 is 1.52 bits per heavy atom. The van der Waals surface area contributed by atoms with Crippen molar-refractivity contribution in [2.45, 2.75) is 25.8 Å². The van der Waals surface area contributed by atoms with Crippen LogP contribution in [-0.2, 0) is 4.79 Å². The summed E-state index contributed by atoms with van der Waals surface area (Å²) in [4.78, 5) is 23.7. The molecule has 0 saturated heterocycles. The maximum Gasteiger partial charge on any atom is 0.326 e. The second-order valence-corrected chi connectivity index (χ2v) is 6.05. The number of nitrogens with zero attached hydrogens (tertiary/aromatic N) is 1. The number of aromatic nitrogens is 1. The van der Waals surface area contributed by atoms with Crippen LogP contribution in [0.2, 0.25) is 4.34 Å². The van der Waals surface area contributed by atoms with Gasteiger partial charge in [0, 0.05) is 6.07 Å². The highest BCUT2D eigenvalue weighted by molar-refractivity contribution is 7.19. The second kappa shape index (κ2) is 6.73. The van der Waals surface area contributed by atoms with Gasteiger partial charge in [0.15, 0.2) is 11.5 Å². The minimum absolute atomic E-state index is 0.0388. The average molecular weight is 329 g/mol. The van der Waals surface area contributed by atoms with E-state index < -0.39 is 17.9 Å². The molecule has 21 heavy (non-hydrogen) atoms. The van der Waals surface area contributed by atoms with E-state index in [0.29, 0.717) is 22.9 Å². The fourth-order valence-electron chi connectivity index (χ4n) is 1.72. The van der Waals surface area contributed by atoms with E-state index in [-0.39, 0.29) is 5.69 Å². The number of nitrogens with one attached hydrogen (secondary N) is 1. The number of rotatable bonds is 6. The van der Waals surface area contributed by atoms with Gasteiger partial charge in [0.25, 0.3) is 5.91 Å². The molecule has 0 aromatic carbocycles. The summed E-state index contributed by atoms with van der Waals surface area (Å²) in [6, 6.07) is 4.00. The molecule has 0 fully saturated rings. The summed E-state index contributed by atoms with van der Waals surface area (Å²) < 4.78 is 5.68. The number of amides is 1. The predicted octanol–water partition coefficient (Wildman–Crippen LogP) is 3.04. The number of halogens is 1. The molecule has 0 aliphatic rings. The van der Waals surface area contributed by atoms with Crippen LogP contribution in [0.3, 0.4) is 0 Å². The molecule has 0 aliphatic carbocycles. The van der Waals surface area contributed by atoms with Gasteiger partial charge in [-0.25, -0.2) is 4.79 Å². The Morgan fingerprint density at radius 3 is 2.86 bits per heavy atom. The van der Waals surface area contributed by atoms with Gasteiger partial charge in [-0.05, 0) is 18.6 Å². The Balaban J connectivity index is 2.10. The molecule has 0 saturated carbocycles. The van der Waals surface area contributed by atoms with Gasteiger partial charge in [0.05, 0.1) is 9.21 Å². The molecule has 8 heteroatoms. The van der Waals surface area contributed by atoms with Crippen molar-refractivity contribution in [1.29, 1.82) is 0 Å². The van der Waals surface area contributed by atoms with Crippen LogP contribution in [0.1, 0.15) is 30.3 Å². The van der Waals surface area contributed by atoms with Crippen LogP contribution in [0, 0.1) is 0 Å². The summed E-state index contributed by atoms with van der Waals surface area (Å²) >= 11 is 7.13. The molecule has 1 amide bonds. The van der Waals surface area contributed by atoms with Crippen molar-refractivity contribution < 1.29 is 19.2 Å². The third-order valence-electron chi connectivity index (χ3n) is 2.74.